The Hall–Kier alpha value is -1.03. The minimum absolute atomic E-state index is 0.270. The molecule has 1 aliphatic carbocycles. The number of halogens is 3. The molecule has 0 radical (unpaired) electrons. The first-order chi connectivity index (χ1) is 8.87. The summed E-state index contributed by atoms with van der Waals surface area (Å²) in [6, 6.07) is 5.69. The van der Waals surface area contributed by atoms with Gasteiger partial charge in [0, 0.05) is 12.0 Å². The molecule has 1 fully saturated rings. The van der Waals surface area contributed by atoms with Crippen LogP contribution in [0.1, 0.15) is 43.7 Å². The summed E-state index contributed by atoms with van der Waals surface area (Å²) < 4.78 is 38.4. The predicted molar refractivity (Wildman–Crippen MR) is 69.8 cm³/mol. The van der Waals surface area contributed by atoms with Gasteiger partial charge < -0.3 is 5.73 Å². The molecule has 0 aliphatic heterocycles. The van der Waals surface area contributed by atoms with E-state index in [2.05, 4.69) is 6.92 Å². The van der Waals surface area contributed by atoms with Gasteiger partial charge in [-0.2, -0.15) is 13.2 Å². The lowest BCUT2D eigenvalue weighted by Gasteiger charge is -2.39. The van der Waals surface area contributed by atoms with Gasteiger partial charge in [-0.15, -0.1) is 0 Å². The van der Waals surface area contributed by atoms with Crippen LogP contribution in [0.25, 0.3) is 0 Å². The van der Waals surface area contributed by atoms with Crippen LogP contribution in [0, 0.1) is 5.92 Å². The van der Waals surface area contributed by atoms with Crippen LogP contribution in [0.15, 0.2) is 24.3 Å². The van der Waals surface area contributed by atoms with Gasteiger partial charge in [0.15, 0.2) is 0 Å². The van der Waals surface area contributed by atoms with Crippen molar-refractivity contribution < 1.29 is 13.2 Å². The maximum atomic E-state index is 12.8. The van der Waals surface area contributed by atoms with Gasteiger partial charge in [0.1, 0.15) is 0 Å². The number of rotatable bonds is 2. The smallest absolute Gasteiger partial charge is 0.330 e. The third-order valence-electron chi connectivity index (χ3n) is 4.42. The van der Waals surface area contributed by atoms with Crippen molar-refractivity contribution in [1.29, 1.82) is 0 Å². The second-order valence-electron chi connectivity index (χ2n) is 5.75. The fourth-order valence-corrected chi connectivity index (χ4v) is 2.95. The lowest BCUT2D eigenvalue weighted by molar-refractivity contribution is -0.137. The number of alkyl halides is 3. The van der Waals surface area contributed by atoms with Crippen LogP contribution < -0.4 is 5.73 Å². The van der Waals surface area contributed by atoms with Gasteiger partial charge in [0.05, 0.1) is 5.56 Å². The Bertz CT molecular complexity index is 431. The summed E-state index contributed by atoms with van der Waals surface area (Å²) in [6.07, 6.45) is -0.452. The van der Waals surface area contributed by atoms with E-state index in [1.54, 1.807) is 6.07 Å². The zero-order valence-electron chi connectivity index (χ0n) is 11.1. The zero-order valence-corrected chi connectivity index (χ0v) is 11.1. The van der Waals surface area contributed by atoms with Gasteiger partial charge in [-0.25, -0.2) is 0 Å². The molecule has 2 rings (SSSR count). The number of nitrogens with two attached hydrogens (primary N) is 1. The topological polar surface area (TPSA) is 26.0 Å². The molecule has 0 bridgehead atoms. The molecule has 0 spiro atoms. The molecule has 1 aliphatic rings. The van der Waals surface area contributed by atoms with Crippen LogP contribution in [0.5, 0.6) is 0 Å². The normalized spacial score (nSPS) is 28.4. The largest absolute Gasteiger partial charge is 0.416 e. The Morgan fingerprint density at radius 3 is 2.42 bits per heavy atom. The summed E-state index contributed by atoms with van der Waals surface area (Å²) in [5.74, 6) is 0.644. The maximum Gasteiger partial charge on any atom is 0.416 e. The van der Waals surface area contributed by atoms with E-state index in [0.29, 0.717) is 12.5 Å². The molecule has 2 N–H and O–H groups in total. The highest BCUT2D eigenvalue weighted by Crippen LogP contribution is 2.42. The zero-order chi connectivity index (χ0) is 14.1. The second-order valence-corrected chi connectivity index (χ2v) is 5.75. The number of benzene rings is 1. The summed E-state index contributed by atoms with van der Waals surface area (Å²) in [5, 5.41) is 0. The van der Waals surface area contributed by atoms with E-state index >= 15 is 0 Å². The third kappa shape index (κ3) is 2.94. The molecule has 0 heterocycles. The lowest BCUT2D eigenvalue weighted by atomic mass is 9.67. The van der Waals surface area contributed by atoms with Crippen LogP contribution in [0.3, 0.4) is 0 Å². The number of hydrogen-bond donors (Lipinski definition) is 1. The molecule has 0 saturated heterocycles. The summed E-state index contributed by atoms with van der Waals surface area (Å²) >= 11 is 0. The van der Waals surface area contributed by atoms with Gasteiger partial charge in [-0.1, -0.05) is 25.1 Å². The highest BCUT2D eigenvalue weighted by atomic mass is 19.4. The van der Waals surface area contributed by atoms with Crippen LogP contribution in [0.2, 0.25) is 0 Å². The Morgan fingerprint density at radius 1 is 1.26 bits per heavy atom. The van der Waals surface area contributed by atoms with Crippen molar-refractivity contribution in [2.24, 2.45) is 11.7 Å². The fourth-order valence-electron chi connectivity index (χ4n) is 2.95. The molecule has 0 atom stereocenters. The van der Waals surface area contributed by atoms with Gasteiger partial charge in [-0.05, 0) is 43.2 Å². The quantitative estimate of drug-likeness (QED) is 0.860. The Labute approximate surface area is 112 Å². The molecule has 0 aromatic heterocycles. The molecule has 1 nitrogen and oxygen atoms in total. The first kappa shape index (κ1) is 14.4. The lowest BCUT2D eigenvalue weighted by Crippen LogP contribution is -2.38. The molecule has 19 heavy (non-hydrogen) atoms. The highest BCUT2D eigenvalue weighted by molar-refractivity contribution is 5.32. The summed E-state index contributed by atoms with van der Waals surface area (Å²) in [4.78, 5) is 0. The highest BCUT2D eigenvalue weighted by Gasteiger charge is 2.37. The van der Waals surface area contributed by atoms with Crippen molar-refractivity contribution in [2.75, 3.05) is 6.54 Å². The Morgan fingerprint density at radius 2 is 1.89 bits per heavy atom. The van der Waals surface area contributed by atoms with Crippen LogP contribution in [-0.2, 0) is 11.6 Å². The maximum absolute atomic E-state index is 12.8. The summed E-state index contributed by atoms with van der Waals surface area (Å²) in [5.41, 5.74) is 5.80. The molecule has 1 aromatic rings. The standard InChI is InChI=1S/C15H20F3N/c1-11-5-7-14(10-19,8-6-11)12-3-2-4-13(9-12)15(16,17)18/h2-4,9,11H,5-8,10,19H2,1H3. The predicted octanol–water partition coefficient (Wildman–Crippen LogP) is 4.11. The van der Waals surface area contributed by atoms with Crippen molar-refractivity contribution in [3.05, 3.63) is 35.4 Å². The van der Waals surface area contributed by atoms with E-state index in [1.165, 1.54) is 12.1 Å². The van der Waals surface area contributed by atoms with Crippen molar-refractivity contribution in [1.82, 2.24) is 0 Å². The molecule has 4 heteroatoms. The Balaban J connectivity index is 2.34. The Kier molecular flexibility index (Phi) is 3.90. The average Bonchev–Trinajstić information content (AvgIpc) is 2.39. The van der Waals surface area contributed by atoms with E-state index in [9.17, 15) is 13.2 Å². The van der Waals surface area contributed by atoms with Crippen molar-refractivity contribution >= 4 is 0 Å². The number of hydrogen-bond acceptors (Lipinski definition) is 1. The van der Waals surface area contributed by atoms with Gasteiger partial charge in [0.2, 0.25) is 0 Å². The van der Waals surface area contributed by atoms with Crippen molar-refractivity contribution in [2.45, 2.75) is 44.2 Å². The minimum atomic E-state index is -4.28. The first-order valence-electron chi connectivity index (χ1n) is 6.75. The molecule has 0 amide bonds. The van der Waals surface area contributed by atoms with Gasteiger partial charge in [-0.3, -0.25) is 0 Å². The molecule has 1 aromatic carbocycles. The monoisotopic (exact) mass is 271 g/mol. The van der Waals surface area contributed by atoms with Crippen LogP contribution >= 0.6 is 0 Å². The SMILES string of the molecule is CC1CCC(CN)(c2cccc(C(F)(F)F)c2)CC1. The molecule has 0 unspecified atom stereocenters. The van der Waals surface area contributed by atoms with Crippen LogP contribution in [-0.4, -0.2) is 6.54 Å². The molecular formula is C15H20F3N. The molecular weight excluding hydrogens is 251 g/mol. The van der Waals surface area contributed by atoms with E-state index in [1.807, 2.05) is 0 Å². The second kappa shape index (κ2) is 5.16. The molecule has 1 saturated carbocycles. The summed E-state index contributed by atoms with van der Waals surface area (Å²) in [6.45, 7) is 2.60. The molecule has 106 valence electrons. The van der Waals surface area contributed by atoms with E-state index < -0.39 is 11.7 Å². The van der Waals surface area contributed by atoms with Crippen molar-refractivity contribution in [3.63, 3.8) is 0 Å². The van der Waals surface area contributed by atoms with Crippen LogP contribution in [0.4, 0.5) is 13.2 Å². The van der Waals surface area contributed by atoms with Crippen molar-refractivity contribution in [3.8, 4) is 0 Å². The fraction of sp³-hybridized carbons (Fsp3) is 0.600. The third-order valence-corrected chi connectivity index (χ3v) is 4.42. The van der Waals surface area contributed by atoms with E-state index in [0.717, 1.165) is 37.3 Å². The summed E-state index contributed by atoms with van der Waals surface area (Å²) in [7, 11) is 0. The van der Waals surface area contributed by atoms with Gasteiger partial charge in [0.25, 0.3) is 0 Å². The van der Waals surface area contributed by atoms with E-state index in [-0.39, 0.29) is 5.41 Å². The van der Waals surface area contributed by atoms with Gasteiger partial charge >= 0.3 is 6.18 Å². The average molecular weight is 271 g/mol. The minimum Gasteiger partial charge on any atom is -0.330 e. The van der Waals surface area contributed by atoms with E-state index in [4.69, 9.17) is 5.73 Å². The first-order valence-corrected chi connectivity index (χ1v) is 6.75.